The molecule has 1 atom stereocenters. The van der Waals surface area contributed by atoms with Gasteiger partial charge in [-0.25, -0.2) is 9.69 Å². The van der Waals surface area contributed by atoms with Crippen molar-refractivity contribution in [3.63, 3.8) is 0 Å². The first-order valence-electron chi connectivity index (χ1n) is 9.92. The lowest BCUT2D eigenvalue weighted by Gasteiger charge is -2.27. The van der Waals surface area contributed by atoms with Crippen LogP contribution < -0.4 is 4.90 Å². The van der Waals surface area contributed by atoms with E-state index in [4.69, 9.17) is 0 Å². The molecule has 1 saturated heterocycles. The minimum absolute atomic E-state index is 0.0315. The Morgan fingerprint density at radius 2 is 1.90 bits per heavy atom. The van der Waals surface area contributed by atoms with E-state index in [-0.39, 0.29) is 18.2 Å². The fourth-order valence-electron chi connectivity index (χ4n) is 3.92. The van der Waals surface area contributed by atoms with Crippen LogP contribution in [0, 0.1) is 0 Å². The van der Waals surface area contributed by atoms with Crippen molar-refractivity contribution in [1.82, 2.24) is 4.90 Å². The highest BCUT2D eigenvalue weighted by Crippen LogP contribution is 2.27. The highest BCUT2D eigenvalue weighted by Gasteiger charge is 2.43. The molecule has 7 nitrogen and oxygen atoms in total. The maximum atomic E-state index is 13.0. The van der Waals surface area contributed by atoms with Crippen molar-refractivity contribution in [2.45, 2.75) is 51.5 Å². The molecule has 7 heteroatoms. The zero-order chi connectivity index (χ0) is 21.0. The van der Waals surface area contributed by atoms with Crippen LogP contribution in [-0.2, 0) is 19.1 Å². The molecule has 0 spiro atoms. The normalized spacial score (nSPS) is 19.2. The molecule has 0 bridgehead atoms. The first-order valence-corrected chi connectivity index (χ1v) is 9.92. The minimum Gasteiger partial charge on any atom is -0.465 e. The van der Waals surface area contributed by atoms with Gasteiger partial charge >= 0.3 is 5.97 Å². The maximum absolute atomic E-state index is 13.0. The van der Waals surface area contributed by atoms with Crippen LogP contribution in [0.25, 0.3) is 0 Å². The van der Waals surface area contributed by atoms with Crippen LogP contribution in [0.2, 0.25) is 0 Å². The molecule has 1 aliphatic carbocycles. The molecule has 1 fully saturated rings. The lowest BCUT2D eigenvalue weighted by Crippen LogP contribution is -2.45. The second-order valence-electron chi connectivity index (χ2n) is 7.40. The van der Waals surface area contributed by atoms with Gasteiger partial charge in [-0.3, -0.25) is 14.4 Å². The van der Waals surface area contributed by atoms with E-state index in [1.165, 1.54) is 55.2 Å². The number of benzene rings is 1. The molecular formula is C22H26N2O5. The molecule has 0 radical (unpaired) electrons. The number of ether oxygens (including phenoxy) is 1. The van der Waals surface area contributed by atoms with Crippen molar-refractivity contribution in [1.29, 1.82) is 0 Å². The molecule has 2 aliphatic rings. The Balaban J connectivity index is 1.74. The van der Waals surface area contributed by atoms with E-state index in [1.54, 1.807) is 0 Å². The van der Waals surface area contributed by atoms with E-state index in [2.05, 4.69) is 10.8 Å². The van der Waals surface area contributed by atoms with Crippen molar-refractivity contribution in [2.24, 2.45) is 0 Å². The number of imide groups is 1. The third kappa shape index (κ3) is 4.55. The van der Waals surface area contributed by atoms with Crippen LogP contribution in [0.15, 0.2) is 35.9 Å². The van der Waals surface area contributed by atoms with Crippen molar-refractivity contribution in [3.05, 3.63) is 41.5 Å². The number of hydrogen-bond acceptors (Lipinski definition) is 5. The zero-order valence-electron chi connectivity index (χ0n) is 16.8. The second-order valence-corrected chi connectivity index (χ2v) is 7.40. The fourth-order valence-corrected chi connectivity index (χ4v) is 3.92. The average Bonchev–Trinajstić information content (AvgIpc) is 3.02. The Bertz CT molecular complexity index is 843. The number of carbonyl (C=O) groups excluding carboxylic acids is 4. The van der Waals surface area contributed by atoms with Crippen molar-refractivity contribution < 1.29 is 23.9 Å². The molecule has 3 rings (SSSR count). The van der Waals surface area contributed by atoms with Gasteiger partial charge in [-0.05, 0) is 56.4 Å². The first-order chi connectivity index (χ1) is 13.9. The summed E-state index contributed by atoms with van der Waals surface area (Å²) >= 11 is 0. The summed E-state index contributed by atoms with van der Waals surface area (Å²) in [5, 5.41) is 0. The van der Waals surface area contributed by atoms with Gasteiger partial charge in [0.15, 0.2) is 0 Å². The lowest BCUT2D eigenvalue weighted by atomic mass is 9.97. The van der Waals surface area contributed by atoms with Gasteiger partial charge in [0.05, 0.1) is 24.8 Å². The highest BCUT2D eigenvalue weighted by molar-refractivity contribution is 6.23. The minimum atomic E-state index is -0.788. The standard InChI is InChI=1S/C22H26N2O5/c1-15(25)23(13-12-16-6-4-3-5-7-16)19-14-20(26)24(21(19)27)18-10-8-17(9-11-18)22(28)29-2/h6,8-11,19H,3-5,7,12-14H2,1-2H3. The Morgan fingerprint density at radius 1 is 1.17 bits per heavy atom. The van der Waals surface area contributed by atoms with Gasteiger partial charge in [-0.15, -0.1) is 0 Å². The van der Waals surface area contributed by atoms with Crippen LogP contribution in [0.3, 0.4) is 0 Å². The molecule has 1 aromatic rings. The third-order valence-electron chi connectivity index (χ3n) is 5.51. The second kappa shape index (κ2) is 9.03. The van der Waals surface area contributed by atoms with Gasteiger partial charge in [0.25, 0.3) is 5.91 Å². The number of nitrogens with zero attached hydrogens (tertiary/aromatic N) is 2. The fraction of sp³-hybridized carbons (Fsp3) is 0.455. The lowest BCUT2D eigenvalue weighted by molar-refractivity contribution is -0.136. The summed E-state index contributed by atoms with van der Waals surface area (Å²) in [5.41, 5.74) is 2.03. The number of rotatable bonds is 6. The van der Waals surface area contributed by atoms with Gasteiger partial charge in [-0.1, -0.05) is 11.6 Å². The largest absolute Gasteiger partial charge is 0.465 e. The van der Waals surface area contributed by atoms with Gasteiger partial charge in [0, 0.05) is 13.5 Å². The Morgan fingerprint density at radius 3 is 2.48 bits per heavy atom. The van der Waals surface area contributed by atoms with E-state index in [9.17, 15) is 19.2 Å². The molecule has 1 aliphatic heterocycles. The third-order valence-corrected chi connectivity index (χ3v) is 5.51. The van der Waals surface area contributed by atoms with E-state index < -0.39 is 17.9 Å². The molecule has 1 unspecified atom stereocenters. The molecule has 3 amide bonds. The number of methoxy groups -OCH3 is 1. The van der Waals surface area contributed by atoms with E-state index in [1.807, 2.05) is 0 Å². The smallest absolute Gasteiger partial charge is 0.337 e. The summed E-state index contributed by atoms with van der Waals surface area (Å²) in [6.07, 6.45) is 7.36. The van der Waals surface area contributed by atoms with E-state index >= 15 is 0 Å². The van der Waals surface area contributed by atoms with Crippen molar-refractivity contribution in [3.8, 4) is 0 Å². The summed E-state index contributed by atoms with van der Waals surface area (Å²) in [6, 6.07) is 5.30. The van der Waals surface area contributed by atoms with Crippen molar-refractivity contribution >= 4 is 29.4 Å². The molecule has 0 saturated carbocycles. The highest BCUT2D eigenvalue weighted by atomic mass is 16.5. The van der Waals surface area contributed by atoms with Gasteiger partial charge < -0.3 is 9.64 Å². The topological polar surface area (TPSA) is 84.0 Å². The SMILES string of the molecule is COC(=O)c1ccc(N2C(=O)CC(N(CCC3=CCCCC3)C(C)=O)C2=O)cc1. The molecule has 29 heavy (non-hydrogen) atoms. The molecule has 0 aromatic heterocycles. The van der Waals surface area contributed by atoms with Crippen LogP contribution in [0.5, 0.6) is 0 Å². The molecule has 1 aromatic carbocycles. The Kier molecular flexibility index (Phi) is 6.46. The van der Waals surface area contributed by atoms with Gasteiger partial charge in [0.2, 0.25) is 11.8 Å². The summed E-state index contributed by atoms with van der Waals surface area (Å²) < 4.78 is 4.66. The van der Waals surface area contributed by atoms with Crippen LogP contribution in [0.1, 0.15) is 55.8 Å². The van der Waals surface area contributed by atoms with Gasteiger partial charge in [0.1, 0.15) is 6.04 Å². The quantitative estimate of drug-likeness (QED) is 0.418. The summed E-state index contributed by atoms with van der Waals surface area (Å²) in [6.45, 7) is 1.86. The van der Waals surface area contributed by atoms with Crippen molar-refractivity contribution in [2.75, 3.05) is 18.6 Å². The number of hydrogen-bond donors (Lipinski definition) is 0. The van der Waals surface area contributed by atoms with Gasteiger partial charge in [-0.2, -0.15) is 0 Å². The monoisotopic (exact) mass is 398 g/mol. The predicted octanol–water partition coefficient (Wildman–Crippen LogP) is 2.84. The summed E-state index contributed by atoms with van der Waals surface area (Å²) in [5.74, 6) is -1.47. The maximum Gasteiger partial charge on any atom is 0.337 e. The number of esters is 1. The molecule has 1 heterocycles. The van der Waals surface area contributed by atoms with Crippen LogP contribution >= 0.6 is 0 Å². The zero-order valence-corrected chi connectivity index (χ0v) is 16.8. The van der Waals surface area contributed by atoms with E-state index in [0.29, 0.717) is 17.8 Å². The number of carbonyl (C=O) groups is 4. The summed E-state index contributed by atoms with van der Waals surface area (Å²) in [7, 11) is 1.29. The number of allylic oxidation sites excluding steroid dienone is 1. The Labute approximate surface area is 170 Å². The first kappa shape index (κ1) is 20.8. The predicted molar refractivity (Wildman–Crippen MR) is 107 cm³/mol. The van der Waals surface area contributed by atoms with Crippen LogP contribution in [-0.4, -0.2) is 48.3 Å². The Hall–Kier alpha value is -2.96. The molecule has 154 valence electrons. The summed E-state index contributed by atoms with van der Waals surface area (Å²) in [4.78, 5) is 52.0. The average molecular weight is 398 g/mol. The van der Waals surface area contributed by atoms with E-state index in [0.717, 1.165) is 30.6 Å². The molecular weight excluding hydrogens is 372 g/mol. The number of amides is 3. The molecule has 0 N–H and O–H groups in total. The number of anilines is 1. The van der Waals surface area contributed by atoms with Crippen LogP contribution in [0.4, 0.5) is 5.69 Å².